The molecule has 0 spiro atoms. The molecule has 0 aromatic heterocycles. The number of nitrogens with zero attached hydrogens (tertiary/aromatic N) is 1. The minimum absolute atomic E-state index is 0.174. The molecule has 2 unspecified atom stereocenters. The summed E-state index contributed by atoms with van der Waals surface area (Å²) in [5.41, 5.74) is 1.38. The first-order valence-electron chi connectivity index (χ1n) is 6.96. The Balaban J connectivity index is 2.35. The standard InChI is InChI=1S/C15H22BrClN2/c1-4-12-9-18-15(3,5-2)10-19(12)14-8-11(17)6-7-13(14)16/h6-8,12,18H,4-5,9-10H2,1-3H3. The maximum absolute atomic E-state index is 6.17. The van der Waals surface area contributed by atoms with Crippen LogP contribution >= 0.6 is 27.5 Å². The maximum atomic E-state index is 6.17. The molecule has 0 radical (unpaired) electrons. The molecule has 0 amide bonds. The molecule has 0 saturated carbocycles. The lowest BCUT2D eigenvalue weighted by molar-refractivity contribution is 0.276. The molecule has 1 aliphatic rings. The lowest BCUT2D eigenvalue weighted by Crippen LogP contribution is -2.62. The Morgan fingerprint density at radius 1 is 1.47 bits per heavy atom. The fourth-order valence-corrected chi connectivity index (χ4v) is 3.27. The Kier molecular flexibility index (Phi) is 4.80. The summed E-state index contributed by atoms with van der Waals surface area (Å²) in [5, 5.41) is 4.49. The SMILES string of the molecule is CCC1CNC(C)(CC)CN1c1cc(Cl)ccc1Br. The Morgan fingerprint density at radius 3 is 2.84 bits per heavy atom. The van der Waals surface area contributed by atoms with E-state index in [1.54, 1.807) is 0 Å². The van der Waals surface area contributed by atoms with Gasteiger partial charge >= 0.3 is 0 Å². The number of piperazine rings is 1. The summed E-state index contributed by atoms with van der Waals surface area (Å²) in [6.07, 6.45) is 2.25. The van der Waals surface area contributed by atoms with Crippen LogP contribution in [0.1, 0.15) is 33.6 Å². The summed E-state index contributed by atoms with van der Waals surface area (Å²) in [6, 6.07) is 6.55. The molecule has 2 rings (SSSR count). The molecule has 1 fully saturated rings. The van der Waals surface area contributed by atoms with Crippen molar-refractivity contribution in [1.82, 2.24) is 5.32 Å². The van der Waals surface area contributed by atoms with Crippen molar-refractivity contribution in [1.29, 1.82) is 0 Å². The van der Waals surface area contributed by atoms with Crippen molar-refractivity contribution >= 4 is 33.2 Å². The van der Waals surface area contributed by atoms with Gasteiger partial charge in [-0.15, -0.1) is 0 Å². The van der Waals surface area contributed by atoms with Crippen molar-refractivity contribution in [3.05, 3.63) is 27.7 Å². The second-order valence-corrected chi connectivity index (χ2v) is 6.87. The normalized spacial score (nSPS) is 27.6. The van der Waals surface area contributed by atoms with Gasteiger partial charge in [0.25, 0.3) is 0 Å². The molecule has 0 aliphatic carbocycles. The fourth-order valence-electron chi connectivity index (χ4n) is 2.62. The van der Waals surface area contributed by atoms with E-state index >= 15 is 0 Å². The molecule has 2 atom stereocenters. The van der Waals surface area contributed by atoms with Crippen LogP contribution in [0.2, 0.25) is 5.02 Å². The molecular weight excluding hydrogens is 324 g/mol. The monoisotopic (exact) mass is 344 g/mol. The number of halogens is 2. The first kappa shape index (κ1) is 15.1. The Morgan fingerprint density at radius 2 is 2.21 bits per heavy atom. The van der Waals surface area contributed by atoms with Gasteiger partial charge in [0.15, 0.2) is 0 Å². The van der Waals surface area contributed by atoms with Crippen LogP contribution in [0.25, 0.3) is 0 Å². The molecule has 0 bridgehead atoms. The van der Waals surface area contributed by atoms with Crippen LogP contribution in [0.15, 0.2) is 22.7 Å². The minimum Gasteiger partial charge on any atom is -0.364 e. The highest BCUT2D eigenvalue weighted by Gasteiger charge is 2.34. The highest BCUT2D eigenvalue weighted by molar-refractivity contribution is 9.10. The molecule has 1 aliphatic heterocycles. The smallest absolute Gasteiger partial charge is 0.0529 e. The largest absolute Gasteiger partial charge is 0.364 e. The Hall–Kier alpha value is -0.250. The molecular formula is C15H22BrClN2. The number of anilines is 1. The molecule has 1 saturated heterocycles. The van der Waals surface area contributed by atoms with Crippen LogP contribution in [0.4, 0.5) is 5.69 Å². The van der Waals surface area contributed by atoms with Gasteiger partial charge in [-0.25, -0.2) is 0 Å². The highest BCUT2D eigenvalue weighted by atomic mass is 79.9. The van der Waals surface area contributed by atoms with Crippen LogP contribution in [0.3, 0.4) is 0 Å². The quantitative estimate of drug-likeness (QED) is 0.870. The van der Waals surface area contributed by atoms with Gasteiger partial charge in [0, 0.05) is 34.2 Å². The van der Waals surface area contributed by atoms with Crippen LogP contribution in [-0.4, -0.2) is 24.7 Å². The van der Waals surface area contributed by atoms with Crippen molar-refractivity contribution in [3.63, 3.8) is 0 Å². The molecule has 106 valence electrons. The summed E-state index contributed by atoms with van der Waals surface area (Å²) >= 11 is 9.83. The van der Waals surface area contributed by atoms with E-state index in [1.165, 1.54) is 5.69 Å². The van der Waals surface area contributed by atoms with Gasteiger partial charge in [0.05, 0.1) is 5.69 Å². The molecule has 2 nitrogen and oxygen atoms in total. The second kappa shape index (κ2) is 6.02. The predicted octanol–water partition coefficient (Wildman–Crippen LogP) is 4.46. The Labute approximate surface area is 129 Å². The van der Waals surface area contributed by atoms with E-state index in [9.17, 15) is 0 Å². The van der Waals surface area contributed by atoms with Crippen LogP contribution < -0.4 is 10.2 Å². The van der Waals surface area contributed by atoms with Gasteiger partial charge < -0.3 is 10.2 Å². The second-order valence-electron chi connectivity index (χ2n) is 5.58. The van der Waals surface area contributed by atoms with Gasteiger partial charge in [-0.05, 0) is 53.9 Å². The molecule has 1 aromatic carbocycles. The third-order valence-corrected chi connectivity index (χ3v) is 5.10. The van der Waals surface area contributed by atoms with Crippen LogP contribution in [0.5, 0.6) is 0 Å². The summed E-state index contributed by atoms with van der Waals surface area (Å²) in [4.78, 5) is 2.50. The summed E-state index contributed by atoms with van der Waals surface area (Å²) < 4.78 is 1.12. The van der Waals surface area contributed by atoms with Crippen molar-refractivity contribution in [2.45, 2.75) is 45.2 Å². The van der Waals surface area contributed by atoms with E-state index in [2.05, 4.69) is 53.0 Å². The van der Waals surface area contributed by atoms with Crippen molar-refractivity contribution in [3.8, 4) is 0 Å². The molecule has 19 heavy (non-hydrogen) atoms. The number of nitrogens with one attached hydrogen (secondary N) is 1. The van der Waals surface area contributed by atoms with Gasteiger partial charge in [-0.3, -0.25) is 0 Å². The lowest BCUT2D eigenvalue weighted by Gasteiger charge is -2.47. The number of benzene rings is 1. The first-order valence-corrected chi connectivity index (χ1v) is 8.13. The minimum atomic E-state index is 0.174. The number of hydrogen-bond acceptors (Lipinski definition) is 2. The third-order valence-electron chi connectivity index (χ3n) is 4.19. The number of rotatable bonds is 3. The molecule has 1 aromatic rings. The number of hydrogen-bond donors (Lipinski definition) is 1. The van der Waals surface area contributed by atoms with Crippen LogP contribution in [-0.2, 0) is 0 Å². The zero-order chi connectivity index (χ0) is 14.0. The fraction of sp³-hybridized carbons (Fsp3) is 0.600. The topological polar surface area (TPSA) is 15.3 Å². The molecule has 4 heteroatoms. The average Bonchev–Trinajstić information content (AvgIpc) is 2.41. The highest BCUT2D eigenvalue weighted by Crippen LogP contribution is 2.34. The van der Waals surface area contributed by atoms with Crippen LogP contribution in [0, 0.1) is 0 Å². The van der Waals surface area contributed by atoms with Crippen molar-refractivity contribution in [2.75, 3.05) is 18.0 Å². The van der Waals surface area contributed by atoms with E-state index in [0.717, 1.165) is 35.4 Å². The molecule has 1 N–H and O–H groups in total. The first-order chi connectivity index (χ1) is 8.99. The van der Waals surface area contributed by atoms with Gasteiger partial charge in [-0.1, -0.05) is 25.4 Å². The van der Waals surface area contributed by atoms with E-state index in [-0.39, 0.29) is 5.54 Å². The van der Waals surface area contributed by atoms with E-state index in [1.807, 2.05) is 12.1 Å². The lowest BCUT2D eigenvalue weighted by atomic mass is 9.92. The summed E-state index contributed by atoms with van der Waals surface area (Å²) in [6.45, 7) is 8.82. The zero-order valence-electron chi connectivity index (χ0n) is 11.8. The van der Waals surface area contributed by atoms with Gasteiger partial charge in [0.1, 0.15) is 0 Å². The van der Waals surface area contributed by atoms with E-state index in [4.69, 9.17) is 11.6 Å². The average molecular weight is 346 g/mol. The van der Waals surface area contributed by atoms with E-state index in [0.29, 0.717) is 6.04 Å². The van der Waals surface area contributed by atoms with Gasteiger partial charge in [0.2, 0.25) is 0 Å². The third kappa shape index (κ3) is 3.26. The Bertz CT molecular complexity index is 452. The molecule has 1 heterocycles. The summed E-state index contributed by atoms with van der Waals surface area (Å²) in [7, 11) is 0. The van der Waals surface area contributed by atoms with Crippen molar-refractivity contribution in [2.24, 2.45) is 0 Å². The summed E-state index contributed by atoms with van der Waals surface area (Å²) in [5.74, 6) is 0. The van der Waals surface area contributed by atoms with E-state index < -0.39 is 0 Å². The zero-order valence-corrected chi connectivity index (χ0v) is 14.2. The van der Waals surface area contributed by atoms with Crippen molar-refractivity contribution < 1.29 is 0 Å². The van der Waals surface area contributed by atoms with Gasteiger partial charge in [-0.2, -0.15) is 0 Å². The maximum Gasteiger partial charge on any atom is 0.0529 e. The predicted molar refractivity (Wildman–Crippen MR) is 87.3 cm³/mol.